The lowest BCUT2D eigenvalue weighted by molar-refractivity contribution is 0.0736. The van der Waals surface area contributed by atoms with Crippen LogP contribution in [0.15, 0.2) is 18.3 Å². The summed E-state index contributed by atoms with van der Waals surface area (Å²) in [4.78, 5) is 16.7. The number of carbonyl (C=O) groups is 1. The summed E-state index contributed by atoms with van der Waals surface area (Å²) in [6.07, 6.45) is 3.86. The molecule has 76 valence electrons. The van der Waals surface area contributed by atoms with E-state index in [0.29, 0.717) is 12.2 Å². The number of nitrogens with one attached hydrogen (secondary N) is 1. The molecule has 4 heteroatoms. The quantitative estimate of drug-likeness (QED) is 0.721. The Morgan fingerprint density at radius 1 is 1.71 bits per heavy atom. The van der Waals surface area contributed by atoms with Crippen molar-refractivity contribution in [1.82, 2.24) is 9.88 Å². The maximum atomic E-state index is 11.9. The third-order valence-electron chi connectivity index (χ3n) is 2.74. The van der Waals surface area contributed by atoms with E-state index in [4.69, 9.17) is 5.73 Å². The maximum absolute atomic E-state index is 11.9. The minimum absolute atomic E-state index is 0.0722. The van der Waals surface area contributed by atoms with Crippen LogP contribution in [0.1, 0.15) is 23.3 Å². The van der Waals surface area contributed by atoms with Crippen LogP contribution in [0, 0.1) is 0 Å². The number of rotatable bonds is 2. The van der Waals surface area contributed by atoms with Gasteiger partial charge in [-0.25, -0.2) is 0 Å². The van der Waals surface area contributed by atoms with Gasteiger partial charge in [-0.15, -0.1) is 0 Å². The van der Waals surface area contributed by atoms with E-state index in [0.717, 1.165) is 19.4 Å². The smallest absolute Gasteiger partial charge is 0.270 e. The average molecular weight is 193 g/mol. The number of amides is 1. The molecule has 0 bridgehead atoms. The van der Waals surface area contributed by atoms with E-state index < -0.39 is 0 Å². The van der Waals surface area contributed by atoms with Crippen molar-refractivity contribution in [2.75, 3.05) is 13.1 Å². The molecule has 1 aromatic heterocycles. The van der Waals surface area contributed by atoms with Crippen molar-refractivity contribution in [1.29, 1.82) is 0 Å². The number of nitrogens with two attached hydrogens (primary N) is 1. The van der Waals surface area contributed by atoms with Gasteiger partial charge in [0, 0.05) is 25.3 Å². The number of carbonyl (C=O) groups excluding carboxylic acids is 1. The van der Waals surface area contributed by atoms with Gasteiger partial charge in [0.2, 0.25) is 0 Å². The van der Waals surface area contributed by atoms with E-state index in [2.05, 4.69) is 4.98 Å². The summed E-state index contributed by atoms with van der Waals surface area (Å²) >= 11 is 0. The third kappa shape index (κ3) is 1.53. The first-order valence-corrected chi connectivity index (χ1v) is 4.97. The summed E-state index contributed by atoms with van der Waals surface area (Å²) in [5.41, 5.74) is 6.27. The summed E-state index contributed by atoms with van der Waals surface area (Å²) in [6, 6.07) is 3.86. The Morgan fingerprint density at radius 3 is 3.21 bits per heavy atom. The van der Waals surface area contributed by atoms with Crippen LogP contribution in [0.3, 0.4) is 0 Å². The molecule has 0 aliphatic carbocycles. The molecule has 0 saturated carbocycles. The Bertz CT molecular complexity index is 307. The highest BCUT2D eigenvalue weighted by molar-refractivity contribution is 5.92. The van der Waals surface area contributed by atoms with Gasteiger partial charge in [-0.05, 0) is 25.0 Å². The first-order valence-electron chi connectivity index (χ1n) is 4.97. The fraction of sp³-hybridized carbons (Fsp3) is 0.500. The van der Waals surface area contributed by atoms with Crippen molar-refractivity contribution in [3.63, 3.8) is 0 Å². The SMILES string of the molecule is NCC1CCCN1C(=O)c1ccc[nH]1. The van der Waals surface area contributed by atoms with Crippen LogP contribution in [-0.2, 0) is 0 Å². The van der Waals surface area contributed by atoms with Gasteiger partial charge < -0.3 is 15.6 Å². The number of aromatic nitrogens is 1. The summed E-state index contributed by atoms with van der Waals surface area (Å²) in [6.45, 7) is 1.40. The van der Waals surface area contributed by atoms with Crippen LogP contribution in [0.2, 0.25) is 0 Å². The fourth-order valence-electron chi connectivity index (χ4n) is 1.97. The molecule has 0 aromatic carbocycles. The number of H-pyrrole nitrogens is 1. The number of likely N-dealkylation sites (tertiary alicyclic amines) is 1. The molecule has 1 atom stereocenters. The maximum Gasteiger partial charge on any atom is 0.270 e. The molecular weight excluding hydrogens is 178 g/mol. The molecule has 1 saturated heterocycles. The Labute approximate surface area is 83.1 Å². The zero-order valence-electron chi connectivity index (χ0n) is 8.07. The van der Waals surface area contributed by atoms with Crippen molar-refractivity contribution in [3.8, 4) is 0 Å². The molecule has 0 spiro atoms. The highest BCUT2D eigenvalue weighted by atomic mass is 16.2. The van der Waals surface area contributed by atoms with Crippen LogP contribution < -0.4 is 5.73 Å². The van der Waals surface area contributed by atoms with Gasteiger partial charge in [-0.3, -0.25) is 4.79 Å². The van der Waals surface area contributed by atoms with E-state index >= 15 is 0 Å². The van der Waals surface area contributed by atoms with Gasteiger partial charge in [-0.1, -0.05) is 0 Å². The Kier molecular flexibility index (Phi) is 2.54. The number of aromatic amines is 1. The third-order valence-corrected chi connectivity index (χ3v) is 2.74. The van der Waals surface area contributed by atoms with Crippen molar-refractivity contribution in [2.45, 2.75) is 18.9 Å². The highest BCUT2D eigenvalue weighted by Gasteiger charge is 2.28. The van der Waals surface area contributed by atoms with Crippen LogP contribution in [0.25, 0.3) is 0 Å². The summed E-state index contributed by atoms with van der Waals surface area (Å²) < 4.78 is 0. The minimum Gasteiger partial charge on any atom is -0.357 e. The zero-order chi connectivity index (χ0) is 9.97. The lowest BCUT2D eigenvalue weighted by Crippen LogP contribution is -2.40. The number of nitrogens with zero attached hydrogens (tertiary/aromatic N) is 1. The van der Waals surface area contributed by atoms with E-state index in [1.54, 1.807) is 12.3 Å². The molecule has 3 N–H and O–H groups in total. The molecule has 4 nitrogen and oxygen atoms in total. The van der Waals surface area contributed by atoms with Crippen molar-refractivity contribution >= 4 is 5.91 Å². The normalized spacial score (nSPS) is 21.5. The predicted octanol–water partition coefficient (Wildman–Crippen LogP) is 0.578. The second-order valence-corrected chi connectivity index (χ2v) is 3.61. The lowest BCUT2D eigenvalue weighted by atomic mass is 10.2. The van der Waals surface area contributed by atoms with Gasteiger partial charge in [0.05, 0.1) is 0 Å². The molecule has 1 amide bonds. The number of hydrogen-bond acceptors (Lipinski definition) is 2. The second kappa shape index (κ2) is 3.84. The first kappa shape index (κ1) is 9.27. The predicted molar refractivity (Wildman–Crippen MR) is 53.9 cm³/mol. The van der Waals surface area contributed by atoms with Gasteiger partial charge in [0.15, 0.2) is 0 Å². The van der Waals surface area contributed by atoms with E-state index in [1.165, 1.54) is 0 Å². The van der Waals surface area contributed by atoms with Crippen molar-refractivity contribution < 1.29 is 4.79 Å². The molecule has 1 fully saturated rings. The van der Waals surface area contributed by atoms with Crippen molar-refractivity contribution in [3.05, 3.63) is 24.0 Å². The highest BCUT2D eigenvalue weighted by Crippen LogP contribution is 2.18. The minimum atomic E-state index is 0.0722. The van der Waals surface area contributed by atoms with E-state index in [9.17, 15) is 4.79 Å². The molecule has 1 aliphatic heterocycles. The Hall–Kier alpha value is -1.29. The molecule has 0 radical (unpaired) electrons. The number of hydrogen-bond donors (Lipinski definition) is 2. The summed E-state index contributed by atoms with van der Waals surface area (Å²) in [5, 5.41) is 0. The topological polar surface area (TPSA) is 62.1 Å². The van der Waals surface area contributed by atoms with Crippen LogP contribution in [0.4, 0.5) is 0 Å². The van der Waals surface area contributed by atoms with Crippen molar-refractivity contribution in [2.24, 2.45) is 5.73 Å². The van der Waals surface area contributed by atoms with Gasteiger partial charge >= 0.3 is 0 Å². The van der Waals surface area contributed by atoms with Crippen LogP contribution >= 0.6 is 0 Å². The monoisotopic (exact) mass is 193 g/mol. The van der Waals surface area contributed by atoms with Crippen LogP contribution in [0.5, 0.6) is 0 Å². The first-order chi connectivity index (χ1) is 6.83. The fourth-order valence-corrected chi connectivity index (χ4v) is 1.97. The molecule has 1 aromatic rings. The van der Waals surface area contributed by atoms with Crippen LogP contribution in [-0.4, -0.2) is 34.9 Å². The molecule has 1 aliphatic rings. The van der Waals surface area contributed by atoms with Gasteiger partial charge in [0.1, 0.15) is 5.69 Å². The lowest BCUT2D eigenvalue weighted by Gasteiger charge is -2.22. The molecule has 1 unspecified atom stereocenters. The molecule has 2 rings (SSSR count). The van der Waals surface area contributed by atoms with Gasteiger partial charge in [0.25, 0.3) is 5.91 Å². The Morgan fingerprint density at radius 2 is 2.57 bits per heavy atom. The molecule has 2 heterocycles. The summed E-state index contributed by atoms with van der Waals surface area (Å²) in [7, 11) is 0. The summed E-state index contributed by atoms with van der Waals surface area (Å²) in [5.74, 6) is 0.0722. The molecular formula is C10H15N3O. The zero-order valence-corrected chi connectivity index (χ0v) is 8.07. The van der Waals surface area contributed by atoms with Gasteiger partial charge in [-0.2, -0.15) is 0 Å². The standard InChI is InChI=1S/C10H15N3O/c11-7-8-3-2-6-13(8)10(14)9-4-1-5-12-9/h1,4-5,8,12H,2-3,6-7,11H2. The Balaban J connectivity index is 2.11. The second-order valence-electron chi connectivity index (χ2n) is 3.61. The molecule has 14 heavy (non-hydrogen) atoms. The van der Waals surface area contributed by atoms with E-state index in [1.807, 2.05) is 11.0 Å². The largest absolute Gasteiger partial charge is 0.357 e. The average Bonchev–Trinajstić information content (AvgIpc) is 2.87. The van der Waals surface area contributed by atoms with E-state index in [-0.39, 0.29) is 11.9 Å².